The van der Waals surface area contributed by atoms with Crippen molar-refractivity contribution in [1.29, 1.82) is 0 Å². The summed E-state index contributed by atoms with van der Waals surface area (Å²) in [4.78, 5) is 33.1. The number of aromatic nitrogens is 2. The second-order valence-corrected chi connectivity index (χ2v) is 7.37. The summed E-state index contributed by atoms with van der Waals surface area (Å²) in [6.07, 6.45) is 7.15. The van der Waals surface area contributed by atoms with Gasteiger partial charge in [-0.3, -0.25) is 14.6 Å². The second-order valence-electron chi connectivity index (χ2n) is 7.37. The van der Waals surface area contributed by atoms with E-state index in [0.717, 1.165) is 42.4 Å². The summed E-state index contributed by atoms with van der Waals surface area (Å²) in [5, 5.41) is 10.2. The van der Waals surface area contributed by atoms with Crippen LogP contribution in [0.4, 0.5) is 5.69 Å². The molecule has 1 aliphatic heterocycles. The number of anilines is 1. The Morgan fingerprint density at radius 1 is 1.10 bits per heavy atom. The van der Waals surface area contributed by atoms with E-state index in [1.54, 1.807) is 24.5 Å². The van der Waals surface area contributed by atoms with Crippen LogP contribution in [0.1, 0.15) is 18.4 Å². The molecule has 3 heterocycles. The third kappa shape index (κ3) is 4.63. The Hall–Kier alpha value is -3.19. The number of piperidine rings is 1. The van der Waals surface area contributed by atoms with Crippen molar-refractivity contribution in [3.05, 3.63) is 60.6 Å². The van der Waals surface area contributed by atoms with Gasteiger partial charge in [-0.15, -0.1) is 0 Å². The molecule has 150 valence electrons. The highest BCUT2D eigenvalue weighted by molar-refractivity contribution is 5.98. The van der Waals surface area contributed by atoms with Crippen molar-refractivity contribution in [3.63, 3.8) is 0 Å². The summed E-state index contributed by atoms with van der Waals surface area (Å²) in [5.74, 6) is -0.347. The van der Waals surface area contributed by atoms with Crippen LogP contribution in [0.15, 0.2) is 55.0 Å². The number of amides is 2. The summed E-state index contributed by atoms with van der Waals surface area (Å²) in [6, 6.07) is 10.8. The summed E-state index contributed by atoms with van der Waals surface area (Å²) >= 11 is 0. The summed E-state index contributed by atoms with van der Waals surface area (Å²) in [6.45, 7) is 1.66. The van der Waals surface area contributed by atoms with Gasteiger partial charge in [0, 0.05) is 47.5 Å². The Kier molecular flexibility index (Phi) is 5.86. The number of hydrogen-bond acceptors (Lipinski definition) is 4. The average molecular weight is 391 g/mol. The van der Waals surface area contributed by atoms with Crippen LogP contribution in [-0.4, -0.2) is 40.9 Å². The van der Waals surface area contributed by atoms with Crippen LogP contribution < -0.4 is 16.0 Å². The van der Waals surface area contributed by atoms with E-state index < -0.39 is 6.04 Å². The molecule has 0 bridgehead atoms. The van der Waals surface area contributed by atoms with Gasteiger partial charge in [0.05, 0.1) is 0 Å². The van der Waals surface area contributed by atoms with Crippen molar-refractivity contribution in [1.82, 2.24) is 20.6 Å². The molecule has 0 saturated carbocycles. The molecule has 7 heteroatoms. The van der Waals surface area contributed by atoms with Crippen molar-refractivity contribution < 1.29 is 9.59 Å². The fraction of sp³-hybridized carbons (Fsp3) is 0.318. The molecule has 2 amide bonds. The van der Waals surface area contributed by atoms with Crippen LogP contribution in [0, 0.1) is 5.92 Å². The minimum atomic E-state index is -0.662. The van der Waals surface area contributed by atoms with Crippen molar-refractivity contribution >= 4 is 28.4 Å². The molecule has 1 fully saturated rings. The first kappa shape index (κ1) is 19.1. The first-order valence-corrected chi connectivity index (χ1v) is 9.97. The Bertz CT molecular complexity index is 979. The van der Waals surface area contributed by atoms with Gasteiger partial charge in [-0.25, -0.2) is 0 Å². The molecule has 1 aromatic carbocycles. The normalized spacial score (nSPS) is 15.7. The molecule has 7 nitrogen and oxygen atoms in total. The standard InChI is InChI=1S/C22H25N5O2/c28-21(15-5-9-23-10-6-15)27-20(22(29)26-17-7-11-24-12-8-17)13-16-14-25-19-4-2-1-3-18(16)19/h1-4,7-8,11-12,14-15,20,23,25H,5-6,9-10,13H2,(H,27,28)(H,24,26,29)/t20-/m0/s1. The number of carbonyl (C=O) groups excluding carboxylic acids is 2. The maximum atomic E-state index is 13.0. The second kappa shape index (κ2) is 8.87. The lowest BCUT2D eigenvalue weighted by Gasteiger charge is -2.25. The molecule has 3 aromatic rings. The number of pyridine rings is 1. The third-order valence-electron chi connectivity index (χ3n) is 5.39. The van der Waals surface area contributed by atoms with Gasteiger partial charge in [-0.2, -0.15) is 0 Å². The van der Waals surface area contributed by atoms with Crippen molar-refractivity contribution in [3.8, 4) is 0 Å². The van der Waals surface area contributed by atoms with E-state index in [1.165, 1.54) is 0 Å². The minimum Gasteiger partial charge on any atom is -0.361 e. The zero-order chi connectivity index (χ0) is 20.1. The quantitative estimate of drug-likeness (QED) is 0.518. The van der Waals surface area contributed by atoms with E-state index in [2.05, 4.69) is 25.9 Å². The SMILES string of the molecule is O=C(N[C@@H](Cc1c[nH]c2ccccc12)C(=O)Nc1ccncc1)C1CCNCC1. The topological polar surface area (TPSA) is 98.9 Å². The fourth-order valence-corrected chi connectivity index (χ4v) is 3.77. The molecule has 4 rings (SSSR count). The van der Waals surface area contributed by atoms with Gasteiger partial charge in [0.25, 0.3) is 0 Å². The monoisotopic (exact) mass is 391 g/mol. The summed E-state index contributed by atoms with van der Waals surface area (Å²) in [5.41, 5.74) is 2.67. The Labute approximate surface area is 169 Å². The van der Waals surface area contributed by atoms with E-state index in [9.17, 15) is 9.59 Å². The number of H-pyrrole nitrogens is 1. The zero-order valence-corrected chi connectivity index (χ0v) is 16.2. The van der Waals surface area contributed by atoms with Gasteiger partial charge in [0.15, 0.2) is 0 Å². The molecule has 29 heavy (non-hydrogen) atoms. The molecule has 0 aliphatic carbocycles. The Morgan fingerprint density at radius 3 is 2.66 bits per heavy atom. The molecule has 4 N–H and O–H groups in total. The molecule has 0 spiro atoms. The number of para-hydroxylation sites is 1. The number of carbonyl (C=O) groups is 2. The van der Waals surface area contributed by atoms with E-state index in [-0.39, 0.29) is 17.7 Å². The van der Waals surface area contributed by atoms with Crippen molar-refractivity contribution in [2.24, 2.45) is 5.92 Å². The smallest absolute Gasteiger partial charge is 0.247 e. The Balaban J connectivity index is 1.54. The lowest BCUT2D eigenvalue weighted by molar-refractivity contribution is -0.129. The molecule has 1 saturated heterocycles. The number of benzene rings is 1. The van der Waals surface area contributed by atoms with Gasteiger partial charge in [0.2, 0.25) is 11.8 Å². The van der Waals surface area contributed by atoms with Gasteiger partial charge in [0.1, 0.15) is 6.04 Å². The number of rotatable bonds is 6. The number of hydrogen-bond donors (Lipinski definition) is 4. The molecular weight excluding hydrogens is 366 g/mol. The van der Waals surface area contributed by atoms with Crippen LogP contribution in [0.5, 0.6) is 0 Å². The van der Waals surface area contributed by atoms with Gasteiger partial charge in [-0.05, 0) is 49.7 Å². The zero-order valence-electron chi connectivity index (χ0n) is 16.2. The Morgan fingerprint density at radius 2 is 1.86 bits per heavy atom. The van der Waals surface area contributed by atoms with Crippen LogP contribution in [-0.2, 0) is 16.0 Å². The van der Waals surface area contributed by atoms with Crippen LogP contribution in [0.2, 0.25) is 0 Å². The van der Waals surface area contributed by atoms with E-state index in [4.69, 9.17) is 0 Å². The highest BCUT2D eigenvalue weighted by Gasteiger charge is 2.27. The van der Waals surface area contributed by atoms with Crippen LogP contribution in [0.25, 0.3) is 10.9 Å². The van der Waals surface area contributed by atoms with Gasteiger partial charge >= 0.3 is 0 Å². The summed E-state index contributed by atoms with van der Waals surface area (Å²) < 4.78 is 0. The minimum absolute atomic E-state index is 0.0544. The highest BCUT2D eigenvalue weighted by Crippen LogP contribution is 2.20. The van der Waals surface area contributed by atoms with Crippen LogP contribution >= 0.6 is 0 Å². The number of fused-ring (bicyclic) bond motifs is 1. The van der Waals surface area contributed by atoms with E-state index in [0.29, 0.717) is 12.1 Å². The molecular formula is C22H25N5O2. The van der Waals surface area contributed by atoms with Crippen LogP contribution in [0.3, 0.4) is 0 Å². The predicted molar refractivity (Wildman–Crippen MR) is 112 cm³/mol. The molecule has 0 radical (unpaired) electrons. The van der Waals surface area contributed by atoms with Crippen molar-refractivity contribution in [2.45, 2.75) is 25.3 Å². The lowest BCUT2D eigenvalue weighted by Crippen LogP contribution is -2.48. The number of nitrogens with one attached hydrogen (secondary N) is 4. The maximum absolute atomic E-state index is 13.0. The maximum Gasteiger partial charge on any atom is 0.247 e. The lowest BCUT2D eigenvalue weighted by atomic mass is 9.96. The van der Waals surface area contributed by atoms with E-state index in [1.807, 2.05) is 30.5 Å². The first-order valence-electron chi connectivity index (χ1n) is 9.97. The predicted octanol–water partition coefficient (Wildman–Crippen LogP) is 2.23. The third-order valence-corrected chi connectivity index (χ3v) is 5.39. The molecule has 1 aliphatic rings. The van der Waals surface area contributed by atoms with Gasteiger partial charge in [-0.1, -0.05) is 18.2 Å². The highest BCUT2D eigenvalue weighted by atomic mass is 16.2. The number of aromatic amines is 1. The first-order chi connectivity index (χ1) is 14.2. The molecule has 2 aromatic heterocycles. The molecule has 0 unspecified atom stereocenters. The summed E-state index contributed by atoms with van der Waals surface area (Å²) in [7, 11) is 0. The molecule has 1 atom stereocenters. The van der Waals surface area contributed by atoms with Crippen molar-refractivity contribution in [2.75, 3.05) is 18.4 Å². The number of nitrogens with zero attached hydrogens (tertiary/aromatic N) is 1. The fourth-order valence-electron chi connectivity index (χ4n) is 3.77. The average Bonchev–Trinajstić information content (AvgIpc) is 3.17. The largest absolute Gasteiger partial charge is 0.361 e. The van der Waals surface area contributed by atoms with E-state index >= 15 is 0 Å². The van der Waals surface area contributed by atoms with Gasteiger partial charge < -0.3 is 20.9 Å².